The van der Waals surface area contributed by atoms with E-state index in [0.717, 1.165) is 11.8 Å². The number of carboxylic acids is 1. The lowest BCUT2D eigenvalue weighted by Gasteiger charge is -2.07. The lowest BCUT2D eigenvalue weighted by Crippen LogP contribution is -2.14. The molecule has 0 fully saturated rings. The van der Waals surface area contributed by atoms with Crippen LogP contribution in [0.3, 0.4) is 0 Å². The largest absolute Gasteiger partial charge is 0.481 e. The number of rotatable bonds is 6. The maximum Gasteiger partial charge on any atom is 0.307 e. The number of halogens is 1. The molecule has 0 unspecified atom stereocenters. The van der Waals surface area contributed by atoms with Gasteiger partial charge in [-0.3, -0.25) is 14.3 Å². The van der Waals surface area contributed by atoms with E-state index in [1.165, 1.54) is 12.1 Å². The minimum absolute atomic E-state index is 0.0837. The molecule has 0 saturated heterocycles. The summed E-state index contributed by atoms with van der Waals surface area (Å²) in [6.45, 7) is 0. The quantitative estimate of drug-likeness (QED) is 0.851. The Labute approximate surface area is 126 Å². The van der Waals surface area contributed by atoms with Gasteiger partial charge in [0.1, 0.15) is 5.82 Å². The second-order valence-corrected chi connectivity index (χ2v) is 4.87. The number of nitrogens with zero attached hydrogens (tertiary/aromatic N) is 2. The van der Waals surface area contributed by atoms with Gasteiger partial charge in [0.15, 0.2) is 0 Å². The van der Waals surface area contributed by atoms with Gasteiger partial charge in [0.05, 0.1) is 6.42 Å². The highest BCUT2D eigenvalue weighted by Gasteiger charge is 2.10. The molecule has 0 aliphatic rings. The third kappa shape index (κ3) is 4.15. The first kappa shape index (κ1) is 15.7. The van der Waals surface area contributed by atoms with E-state index >= 15 is 0 Å². The van der Waals surface area contributed by atoms with Crippen molar-refractivity contribution >= 4 is 17.6 Å². The van der Waals surface area contributed by atoms with E-state index in [4.69, 9.17) is 5.11 Å². The summed E-state index contributed by atoms with van der Waals surface area (Å²) in [7, 11) is 1.80. The molecule has 1 aromatic carbocycles. The molecular weight excluding hydrogens is 289 g/mol. The highest BCUT2D eigenvalue weighted by atomic mass is 19.1. The molecule has 116 valence electrons. The van der Waals surface area contributed by atoms with E-state index in [1.54, 1.807) is 17.9 Å². The Kier molecular flexibility index (Phi) is 4.88. The fourth-order valence-corrected chi connectivity index (χ4v) is 2.04. The lowest BCUT2D eigenvalue weighted by atomic mass is 10.1. The molecule has 7 heteroatoms. The number of amides is 1. The lowest BCUT2D eigenvalue weighted by molar-refractivity contribution is -0.136. The van der Waals surface area contributed by atoms with E-state index in [0.29, 0.717) is 12.1 Å². The van der Waals surface area contributed by atoms with Crippen LogP contribution < -0.4 is 5.32 Å². The number of aliphatic carboxylic acids is 1. The Morgan fingerprint density at radius 2 is 2.14 bits per heavy atom. The first-order chi connectivity index (χ1) is 10.5. The molecule has 1 aromatic heterocycles. The van der Waals surface area contributed by atoms with E-state index < -0.39 is 11.8 Å². The SMILES string of the molecule is Cn1nccc1CCC(=O)Nc1ccc(CC(=O)O)c(F)c1. The van der Waals surface area contributed by atoms with Crippen molar-refractivity contribution < 1.29 is 19.1 Å². The minimum Gasteiger partial charge on any atom is -0.481 e. The predicted octanol–water partition coefficient (Wildman–Crippen LogP) is 1.76. The van der Waals surface area contributed by atoms with Gasteiger partial charge in [0.25, 0.3) is 0 Å². The maximum absolute atomic E-state index is 13.7. The second-order valence-electron chi connectivity index (χ2n) is 4.87. The van der Waals surface area contributed by atoms with Crippen LogP contribution in [0.25, 0.3) is 0 Å². The summed E-state index contributed by atoms with van der Waals surface area (Å²) in [5.41, 5.74) is 1.32. The molecule has 0 radical (unpaired) electrons. The van der Waals surface area contributed by atoms with Crippen LogP contribution in [0.1, 0.15) is 17.7 Å². The molecular formula is C15H16FN3O3. The molecule has 0 aliphatic carbocycles. The number of benzene rings is 1. The summed E-state index contributed by atoms with van der Waals surface area (Å²) >= 11 is 0. The molecule has 2 rings (SSSR count). The molecule has 0 spiro atoms. The standard InChI is InChI=1S/C15H16FN3O3/c1-19-12(6-7-17-19)4-5-14(20)18-11-3-2-10(8-15(21)22)13(16)9-11/h2-3,6-7,9H,4-5,8H2,1H3,(H,18,20)(H,21,22). The van der Waals surface area contributed by atoms with Crippen molar-refractivity contribution in [3.63, 3.8) is 0 Å². The summed E-state index contributed by atoms with van der Waals surface area (Å²) < 4.78 is 15.4. The highest BCUT2D eigenvalue weighted by molar-refractivity contribution is 5.90. The van der Waals surface area contributed by atoms with Crippen LogP contribution in [0.15, 0.2) is 30.5 Å². The molecule has 0 aliphatic heterocycles. The Morgan fingerprint density at radius 3 is 2.73 bits per heavy atom. The number of carbonyl (C=O) groups is 2. The first-order valence-electron chi connectivity index (χ1n) is 6.72. The summed E-state index contributed by atoms with van der Waals surface area (Å²) in [4.78, 5) is 22.4. The summed E-state index contributed by atoms with van der Waals surface area (Å²) in [6, 6.07) is 5.80. The second kappa shape index (κ2) is 6.84. The number of carboxylic acid groups (broad SMARTS) is 1. The number of anilines is 1. The van der Waals surface area contributed by atoms with Crippen molar-refractivity contribution in [1.29, 1.82) is 0 Å². The third-order valence-electron chi connectivity index (χ3n) is 3.21. The molecule has 2 N–H and O–H groups in total. The third-order valence-corrected chi connectivity index (χ3v) is 3.21. The van der Waals surface area contributed by atoms with Crippen LogP contribution in [0.4, 0.5) is 10.1 Å². The number of hydrogen-bond acceptors (Lipinski definition) is 3. The van der Waals surface area contributed by atoms with Crippen LogP contribution in [-0.4, -0.2) is 26.8 Å². The van der Waals surface area contributed by atoms with Gasteiger partial charge in [0.2, 0.25) is 5.91 Å². The van der Waals surface area contributed by atoms with Crippen molar-refractivity contribution in [2.75, 3.05) is 5.32 Å². The number of nitrogens with one attached hydrogen (secondary N) is 1. The summed E-state index contributed by atoms with van der Waals surface area (Å²) in [5.74, 6) is -2.00. The Balaban J connectivity index is 1.92. The monoisotopic (exact) mass is 305 g/mol. The number of hydrogen-bond donors (Lipinski definition) is 2. The zero-order valence-electron chi connectivity index (χ0n) is 12.0. The Bertz CT molecular complexity index is 697. The van der Waals surface area contributed by atoms with Crippen LogP contribution in [0.5, 0.6) is 0 Å². The molecule has 22 heavy (non-hydrogen) atoms. The smallest absolute Gasteiger partial charge is 0.307 e. The van der Waals surface area contributed by atoms with Crippen molar-refractivity contribution in [3.05, 3.63) is 47.5 Å². The van der Waals surface area contributed by atoms with Gasteiger partial charge >= 0.3 is 5.97 Å². The average Bonchev–Trinajstić information content (AvgIpc) is 2.85. The Morgan fingerprint density at radius 1 is 1.36 bits per heavy atom. The van der Waals surface area contributed by atoms with Crippen LogP contribution >= 0.6 is 0 Å². The highest BCUT2D eigenvalue weighted by Crippen LogP contribution is 2.15. The van der Waals surface area contributed by atoms with Gasteiger partial charge in [-0.15, -0.1) is 0 Å². The van der Waals surface area contributed by atoms with Gasteiger partial charge < -0.3 is 10.4 Å². The van der Waals surface area contributed by atoms with Crippen molar-refractivity contribution in [2.45, 2.75) is 19.3 Å². The van der Waals surface area contributed by atoms with Gasteiger partial charge in [-0.1, -0.05) is 6.07 Å². The number of aromatic nitrogens is 2. The maximum atomic E-state index is 13.7. The normalized spacial score (nSPS) is 10.5. The molecule has 2 aromatic rings. The van der Waals surface area contributed by atoms with Gasteiger partial charge in [-0.2, -0.15) is 5.10 Å². The van der Waals surface area contributed by atoms with Crippen molar-refractivity contribution in [2.24, 2.45) is 7.05 Å². The fourth-order valence-electron chi connectivity index (χ4n) is 2.04. The summed E-state index contributed by atoms with van der Waals surface area (Å²) in [6.07, 6.45) is 2.05. The van der Waals surface area contributed by atoms with Gasteiger partial charge in [-0.25, -0.2) is 4.39 Å². The van der Waals surface area contributed by atoms with E-state index in [1.807, 2.05) is 6.07 Å². The van der Waals surface area contributed by atoms with Crippen LogP contribution in [-0.2, 0) is 29.5 Å². The van der Waals surface area contributed by atoms with E-state index in [9.17, 15) is 14.0 Å². The topological polar surface area (TPSA) is 84.2 Å². The molecule has 6 nitrogen and oxygen atoms in total. The molecule has 0 saturated carbocycles. The van der Waals surface area contributed by atoms with Gasteiger partial charge in [-0.05, 0) is 30.2 Å². The minimum atomic E-state index is -1.10. The molecule has 1 heterocycles. The number of aryl methyl sites for hydroxylation is 2. The first-order valence-corrected chi connectivity index (χ1v) is 6.72. The average molecular weight is 305 g/mol. The van der Waals surface area contributed by atoms with Crippen LogP contribution in [0, 0.1) is 5.82 Å². The van der Waals surface area contributed by atoms with E-state index in [-0.39, 0.29) is 24.3 Å². The molecule has 0 bridgehead atoms. The van der Waals surface area contributed by atoms with Crippen molar-refractivity contribution in [1.82, 2.24) is 9.78 Å². The molecule has 0 atom stereocenters. The Hall–Kier alpha value is -2.70. The zero-order chi connectivity index (χ0) is 16.1. The summed E-state index contributed by atoms with van der Waals surface area (Å²) in [5, 5.41) is 15.2. The fraction of sp³-hybridized carbons (Fsp3) is 0.267. The predicted molar refractivity (Wildman–Crippen MR) is 77.9 cm³/mol. The van der Waals surface area contributed by atoms with Crippen LogP contribution in [0.2, 0.25) is 0 Å². The zero-order valence-corrected chi connectivity index (χ0v) is 12.0. The van der Waals surface area contributed by atoms with Crippen molar-refractivity contribution in [3.8, 4) is 0 Å². The van der Waals surface area contributed by atoms with E-state index in [2.05, 4.69) is 10.4 Å². The van der Waals surface area contributed by atoms with Gasteiger partial charge in [0, 0.05) is 31.0 Å². The molecule has 1 amide bonds. The number of carbonyl (C=O) groups excluding carboxylic acids is 1.